The summed E-state index contributed by atoms with van der Waals surface area (Å²) >= 11 is 12.4. The molecule has 0 unspecified atom stereocenters. The van der Waals surface area contributed by atoms with Crippen LogP contribution in [0.4, 0.5) is 0 Å². The number of aromatic nitrogens is 2. The van der Waals surface area contributed by atoms with Crippen molar-refractivity contribution in [2.24, 2.45) is 0 Å². The monoisotopic (exact) mass is 306 g/mol. The number of rotatable bonds is 2. The van der Waals surface area contributed by atoms with Crippen molar-refractivity contribution in [3.05, 3.63) is 21.8 Å². The van der Waals surface area contributed by atoms with Crippen molar-refractivity contribution in [2.75, 3.05) is 0 Å². The van der Waals surface area contributed by atoms with Crippen molar-refractivity contribution in [1.29, 1.82) is 10.5 Å². The maximum atomic E-state index is 8.65. The number of oxazole rings is 2. The van der Waals surface area contributed by atoms with Crippen LogP contribution in [0.1, 0.15) is 11.8 Å². The van der Waals surface area contributed by atoms with Gasteiger partial charge in [0.2, 0.25) is 11.8 Å². The molecule has 3 aromatic rings. The third-order valence-corrected chi connectivity index (χ3v) is 3.32. The Morgan fingerprint density at radius 2 is 1.25 bits per heavy atom. The summed E-state index contributed by atoms with van der Waals surface area (Å²) in [6, 6.07) is 3.86. The summed E-state index contributed by atoms with van der Waals surface area (Å²) in [5.41, 5.74) is 1.14. The molecular formula is C12H4Cl2N4O2. The lowest BCUT2D eigenvalue weighted by Gasteiger charge is -1.95. The highest BCUT2D eigenvalue weighted by Crippen LogP contribution is 2.39. The number of benzene rings is 1. The maximum absolute atomic E-state index is 8.65. The van der Waals surface area contributed by atoms with E-state index in [1.54, 1.807) is 0 Å². The summed E-state index contributed by atoms with van der Waals surface area (Å²) in [6.45, 7) is 0. The summed E-state index contributed by atoms with van der Waals surface area (Å²) in [4.78, 5) is 8.22. The maximum Gasteiger partial charge on any atom is 0.209 e. The van der Waals surface area contributed by atoms with E-state index in [4.69, 9.17) is 42.6 Å². The van der Waals surface area contributed by atoms with Gasteiger partial charge in [0, 0.05) is 0 Å². The van der Waals surface area contributed by atoms with Crippen LogP contribution in [-0.4, -0.2) is 9.97 Å². The standard InChI is InChI=1S/C12H4Cl2N4O2/c13-7-9-11(19-5(17-9)1-3-15)8(14)10-12(7)20-6(18-10)2-4-16/h1-2H2. The number of nitriles is 2. The van der Waals surface area contributed by atoms with Gasteiger partial charge in [0.05, 0.1) is 12.1 Å². The Hall–Kier alpha value is -2.28. The van der Waals surface area contributed by atoms with Crippen LogP contribution >= 0.6 is 23.2 Å². The average Bonchev–Trinajstić information content (AvgIpc) is 3.02. The fraction of sp³-hybridized carbons (Fsp3) is 0.167. The first kappa shape index (κ1) is 12.7. The first-order valence-corrected chi connectivity index (χ1v) is 6.21. The summed E-state index contributed by atoms with van der Waals surface area (Å²) in [5.74, 6) is 0.437. The molecule has 1 aromatic carbocycles. The Labute approximate surface area is 122 Å². The quantitative estimate of drug-likeness (QED) is 0.719. The highest BCUT2D eigenvalue weighted by molar-refractivity contribution is 6.45. The molecule has 0 atom stereocenters. The molecule has 2 heterocycles. The summed E-state index contributed by atoms with van der Waals surface area (Å²) in [7, 11) is 0. The number of halogens is 2. The second-order valence-electron chi connectivity index (χ2n) is 3.87. The Morgan fingerprint density at radius 1 is 0.850 bits per heavy atom. The molecule has 98 valence electrons. The first-order valence-electron chi connectivity index (χ1n) is 5.45. The van der Waals surface area contributed by atoms with E-state index in [-0.39, 0.29) is 45.8 Å². The van der Waals surface area contributed by atoms with Gasteiger partial charge in [0.15, 0.2) is 11.2 Å². The Balaban J connectivity index is 2.34. The molecule has 20 heavy (non-hydrogen) atoms. The molecule has 0 fully saturated rings. The van der Waals surface area contributed by atoms with Crippen LogP contribution in [0.3, 0.4) is 0 Å². The van der Waals surface area contributed by atoms with E-state index < -0.39 is 0 Å². The van der Waals surface area contributed by atoms with Crippen molar-refractivity contribution in [2.45, 2.75) is 12.8 Å². The third-order valence-electron chi connectivity index (χ3n) is 2.62. The van der Waals surface area contributed by atoms with Gasteiger partial charge >= 0.3 is 0 Å². The Kier molecular flexibility index (Phi) is 2.98. The molecule has 0 aliphatic rings. The molecular weight excluding hydrogens is 303 g/mol. The molecule has 0 amide bonds. The van der Waals surface area contributed by atoms with Crippen LogP contribution in [0.2, 0.25) is 10.0 Å². The van der Waals surface area contributed by atoms with E-state index >= 15 is 0 Å². The lowest BCUT2D eigenvalue weighted by atomic mass is 10.3. The SMILES string of the molecule is N#CCc1nc2c(Cl)c3oc(CC#N)nc3c(Cl)c2o1. The molecule has 0 saturated carbocycles. The van der Waals surface area contributed by atoms with E-state index in [0.29, 0.717) is 11.0 Å². The zero-order valence-electron chi connectivity index (χ0n) is 9.78. The van der Waals surface area contributed by atoms with Crippen LogP contribution < -0.4 is 0 Å². The van der Waals surface area contributed by atoms with E-state index in [1.165, 1.54) is 0 Å². The van der Waals surface area contributed by atoms with Gasteiger partial charge < -0.3 is 8.83 Å². The van der Waals surface area contributed by atoms with Gasteiger partial charge in [-0.25, -0.2) is 9.97 Å². The highest BCUT2D eigenvalue weighted by atomic mass is 35.5. The van der Waals surface area contributed by atoms with Gasteiger partial charge in [-0.1, -0.05) is 23.2 Å². The average molecular weight is 307 g/mol. The van der Waals surface area contributed by atoms with E-state index in [2.05, 4.69) is 9.97 Å². The number of hydrogen-bond acceptors (Lipinski definition) is 6. The topological polar surface area (TPSA) is 99.6 Å². The molecule has 0 saturated heterocycles. The van der Waals surface area contributed by atoms with Crippen LogP contribution in [-0.2, 0) is 12.8 Å². The molecule has 0 N–H and O–H groups in total. The predicted octanol–water partition coefficient (Wildman–Crippen LogP) is 3.41. The van der Waals surface area contributed by atoms with Gasteiger partial charge in [-0.3, -0.25) is 0 Å². The third kappa shape index (κ3) is 1.78. The van der Waals surface area contributed by atoms with Crippen LogP contribution in [0.25, 0.3) is 22.2 Å². The highest BCUT2D eigenvalue weighted by Gasteiger charge is 2.22. The van der Waals surface area contributed by atoms with Crippen LogP contribution in [0, 0.1) is 22.7 Å². The summed E-state index contributed by atoms with van der Waals surface area (Å²) < 4.78 is 10.8. The molecule has 8 heteroatoms. The first-order chi connectivity index (χ1) is 9.65. The minimum atomic E-state index is 0.00973. The zero-order valence-corrected chi connectivity index (χ0v) is 11.3. The van der Waals surface area contributed by atoms with E-state index in [0.717, 1.165) is 0 Å². The van der Waals surface area contributed by atoms with Crippen molar-refractivity contribution in [3.63, 3.8) is 0 Å². The lowest BCUT2D eigenvalue weighted by Crippen LogP contribution is -1.80. The van der Waals surface area contributed by atoms with Gasteiger partial charge in [-0.15, -0.1) is 0 Å². The Bertz CT molecular complexity index is 785. The van der Waals surface area contributed by atoms with Crippen molar-refractivity contribution in [3.8, 4) is 12.1 Å². The van der Waals surface area contributed by atoms with Crippen molar-refractivity contribution in [1.82, 2.24) is 9.97 Å². The fourth-order valence-electron chi connectivity index (χ4n) is 1.83. The molecule has 0 spiro atoms. The summed E-state index contributed by atoms with van der Waals surface area (Å²) in [5, 5.41) is 17.7. The minimum absolute atomic E-state index is 0.00973. The normalized spacial score (nSPS) is 10.8. The fourth-order valence-corrected chi connectivity index (χ4v) is 2.34. The number of hydrogen-bond donors (Lipinski definition) is 0. The van der Waals surface area contributed by atoms with Crippen LogP contribution in [0.15, 0.2) is 8.83 Å². The van der Waals surface area contributed by atoms with Gasteiger partial charge in [0.25, 0.3) is 0 Å². The number of nitrogens with zero attached hydrogens (tertiary/aromatic N) is 4. The molecule has 2 aromatic heterocycles. The van der Waals surface area contributed by atoms with E-state index in [1.807, 2.05) is 12.1 Å². The van der Waals surface area contributed by atoms with Gasteiger partial charge in [-0.2, -0.15) is 10.5 Å². The molecule has 3 rings (SSSR count). The predicted molar refractivity (Wildman–Crippen MR) is 70.2 cm³/mol. The Morgan fingerprint density at radius 3 is 1.60 bits per heavy atom. The minimum Gasteiger partial charge on any atom is -0.438 e. The second kappa shape index (κ2) is 4.68. The van der Waals surface area contributed by atoms with E-state index in [9.17, 15) is 0 Å². The van der Waals surface area contributed by atoms with Gasteiger partial charge in [0.1, 0.15) is 33.9 Å². The molecule has 6 nitrogen and oxygen atoms in total. The zero-order chi connectivity index (χ0) is 14.3. The van der Waals surface area contributed by atoms with Gasteiger partial charge in [-0.05, 0) is 0 Å². The molecule has 0 aliphatic heterocycles. The molecule has 0 aliphatic carbocycles. The molecule has 0 radical (unpaired) electrons. The van der Waals surface area contributed by atoms with Crippen molar-refractivity contribution >= 4 is 45.4 Å². The molecule has 0 bridgehead atoms. The van der Waals surface area contributed by atoms with Crippen LogP contribution in [0.5, 0.6) is 0 Å². The largest absolute Gasteiger partial charge is 0.438 e. The number of fused-ring (bicyclic) bond motifs is 2. The summed E-state index contributed by atoms with van der Waals surface area (Å²) in [6.07, 6.45) is 0.0195. The smallest absolute Gasteiger partial charge is 0.209 e. The second-order valence-corrected chi connectivity index (χ2v) is 4.62. The van der Waals surface area contributed by atoms with Crippen molar-refractivity contribution < 1.29 is 8.83 Å². The lowest BCUT2D eigenvalue weighted by molar-refractivity contribution is 0.548.